The van der Waals surface area contributed by atoms with Gasteiger partial charge in [0, 0.05) is 24.7 Å². The fourth-order valence-electron chi connectivity index (χ4n) is 2.21. The standard InChI is InChI=1S/C7H13F2NO.C5H9F2N.C2H5BrO/c8-7(9)2-1-3-10(6-7)4-5-11;6-5(7)2-1-3-8-4-5;3-1-2-4/h11H,1-6H2;8H,1-4H2;4H,1-2H2. The SMILES string of the molecule is FC1(F)CCCNC1.OCCBr.OCCN1CCCC(F)(F)C1. The maximum Gasteiger partial charge on any atom is 0.260 e. The molecule has 9 heteroatoms. The Bertz CT molecular complexity index is 288. The second-order valence-corrected chi connectivity index (χ2v) is 6.30. The van der Waals surface area contributed by atoms with Gasteiger partial charge in [-0.15, -0.1) is 0 Å². The number of aliphatic hydroxyl groups is 2. The van der Waals surface area contributed by atoms with Crippen LogP contribution in [0.1, 0.15) is 25.7 Å². The first-order valence-corrected chi connectivity index (χ1v) is 8.85. The number of alkyl halides is 5. The van der Waals surface area contributed by atoms with Gasteiger partial charge in [0.25, 0.3) is 11.8 Å². The number of nitrogens with zero attached hydrogens (tertiary/aromatic N) is 1. The van der Waals surface area contributed by atoms with Crippen LogP contribution in [0, 0.1) is 0 Å². The number of hydrogen-bond acceptors (Lipinski definition) is 4. The number of rotatable bonds is 3. The fourth-order valence-corrected chi connectivity index (χ4v) is 2.21. The van der Waals surface area contributed by atoms with Gasteiger partial charge in [-0.3, -0.25) is 4.90 Å². The van der Waals surface area contributed by atoms with Gasteiger partial charge < -0.3 is 15.5 Å². The third-order valence-electron chi connectivity index (χ3n) is 3.25. The van der Waals surface area contributed by atoms with Crippen LogP contribution in [0.15, 0.2) is 0 Å². The van der Waals surface area contributed by atoms with E-state index in [0.29, 0.717) is 31.3 Å². The second kappa shape index (κ2) is 12.4. The van der Waals surface area contributed by atoms with Gasteiger partial charge in [0.2, 0.25) is 0 Å². The van der Waals surface area contributed by atoms with Crippen molar-refractivity contribution < 1.29 is 27.8 Å². The molecule has 4 nitrogen and oxygen atoms in total. The quantitative estimate of drug-likeness (QED) is 0.492. The molecule has 2 fully saturated rings. The smallest absolute Gasteiger partial charge is 0.260 e. The summed E-state index contributed by atoms with van der Waals surface area (Å²) in [5.74, 6) is -4.97. The minimum atomic E-state index is -2.53. The van der Waals surface area contributed by atoms with E-state index in [1.807, 2.05) is 0 Å². The van der Waals surface area contributed by atoms with Gasteiger partial charge in [0.05, 0.1) is 26.3 Å². The van der Waals surface area contributed by atoms with Crippen molar-refractivity contribution in [1.29, 1.82) is 0 Å². The third-order valence-corrected chi connectivity index (χ3v) is 3.61. The van der Waals surface area contributed by atoms with Crippen molar-refractivity contribution in [2.75, 3.05) is 51.3 Å². The topological polar surface area (TPSA) is 55.7 Å². The van der Waals surface area contributed by atoms with Crippen molar-refractivity contribution in [1.82, 2.24) is 10.2 Å². The molecule has 0 atom stereocenters. The lowest BCUT2D eigenvalue weighted by Gasteiger charge is -2.31. The lowest BCUT2D eigenvalue weighted by atomic mass is 10.1. The molecule has 2 saturated heterocycles. The Morgan fingerprint density at radius 2 is 1.61 bits per heavy atom. The number of nitrogens with one attached hydrogen (secondary N) is 1. The summed E-state index contributed by atoms with van der Waals surface area (Å²) < 4.78 is 49.6. The number of likely N-dealkylation sites (tertiary alicyclic amines) is 1. The average molecular weight is 411 g/mol. The van der Waals surface area contributed by atoms with Crippen molar-refractivity contribution in [2.45, 2.75) is 37.5 Å². The Morgan fingerprint density at radius 1 is 1.00 bits per heavy atom. The van der Waals surface area contributed by atoms with E-state index >= 15 is 0 Å². The van der Waals surface area contributed by atoms with Gasteiger partial charge >= 0.3 is 0 Å². The summed E-state index contributed by atoms with van der Waals surface area (Å²) in [5, 5.41) is 19.6. The van der Waals surface area contributed by atoms with Gasteiger partial charge in [-0.1, -0.05) is 15.9 Å². The highest BCUT2D eigenvalue weighted by Gasteiger charge is 2.34. The monoisotopic (exact) mass is 410 g/mol. The largest absolute Gasteiger partial charge is 0.396 e. The van der Waals surface area contributed by atoms with Crippen molar-refractivity contribution >= 4 is 15.9 Å². The Balaban J connectivity index is 0.000000354. The van der Waals surface area contributed by atoms with Gasteiger partial charge in [-0.05, 0) is 25.9 Å². The molecule has 2 rings (SSSR count). The van der Waals surface area contributed by atoms with E-state index in [9.17, 15) is 17.6 Å². The molecule has 2 heterocycles. The van der Waals surface area contributed by atoms with Gasteiger partial charge in [0.15, 0.2) is 0 Å². The van der Waals surface area contributed by atoms with Crippen LogP contribution < -0.4 is 5.32 Å². The first-order valence-electron chi connectivity index (χ1n) is 7.73. The zero-order valence-electron chi connectivity index (χ0n) is 13.2. The molecular weight excluding hydrogens is 384 g/mol. The second-order valence-electron chi connectivity index (χ2n) is 5.51. The highest BCUT2D eigenvalue weighted by Crippen LogP contribution is 2.25. The van der Waals surface area contributed by atoms with Crippen molar-refractivity contribution in [2.24, 2.45) is 0 Å². The first-order chi connectivity index (χ1) is 10.8. The van der Waals surface area contributed by atoms with E-state index in [2.05, 4.69) is 21.2 Å². The van der Waals surface area contributed by atoms with Gasteiger partial charge in [-0.2, -0.15) is 0 Å². The summed E-state index contributed by atoms with van der Waals surface area (Å²) in [5.41, 5.74) is 0. The van der Waals surface area contributed by atoms with E-state index in [4.69, 9.17) is 10.2 Å². The molecule has 0 aromatic rings. The van der Waals surface area contributed by atoms with E-state index < -0.39 is 11.8 Å². The lowest BCUT2D eigenvalue weighted by molar-refractivity contribution is -0.0662. The van der Waals surface area contributed by atoms with Crippen LogP contribution in [0.3, 0.4) is 0 Å². The van der Waals surface area contributed by atoms with Crippen molar-refractivity contribution in [3.8, 4) is 0 Å². The van der Waals surface area contributed by atoms with Crippen LogP contribution in [0.4, 0.5) is 17.6 Å². The fraction of sp³-hybridized carbons (Fsp3) is 1.00. The van der Waals surface area contributed by atoms with E-state index in [1.54, 1.807) is 4.90 Å². The summed E-state index contributed by atoms with van der Waals surface area (Å²) in [6.45, 7) is 1.69. The number of hydrogen-bond donors (Lipinski definition) is 3. The van der Waals surface area contributed by atoms with Crippen LogP contribution >= 0.6 is 15.9 Å². The van der Waals surface area contributed by atoms with Gasteiger partial charge in [0.1, 0.15) is 0 Å². The zero-order valence-corrected chi connectivity index (χ0v) is 14.8. The minimum absolute atomic E-state index is 0.00503. The summed E-state index contributed by atoms with van der Waals surface area (Å²) in [4.78, 5) is 1.60. The Labute approximate surface area is 143 Å². The molecule has 0 aromatic carbocycles. The van der Waals surface area contributed by atoms with E-state index in [-0.39, 0.29) is 39.1 Å². The molecule has 2 aliphatic heterocycles. The summed E-state index contributed by atoms with van der Waals surface area (Å²) in [6.07, 6.45) is 1.19. The molecule has 0 aromatic heterocycles. The predicted octanol–water partition coefficient (Wildman–Crippen LogP) is 2.09. The molecule has 23 heavy (non-hydrogen) atoms. The number of halogens is 5. The lowest BCUT2D eigenvalue weighted by Crippen LogP contribution is -2.43. The molecule has 0 unspecified atom stereocenters. The van der Waals surface area contributed by atoms with Crippen LogP contribution in [-0.4, -0.2) is 78.2 Å². The minimum Gasteiger partial charge on any atom is -0.396 e. The molecule has 0 bridgehead atoms. The van der Waals surface area contributed by atoms with Gasteiger partial charge in [-0.25, -0.2) is 17.6 Å². The number of piperidine rings is 2. The van der Waals surface area contributed by atoms with Crippen molar-refractivity contribution in [3.63, 3.8) is 0 Å². The van der Waals surface area contributed by atoms with Crippen LogP contribution in [0.2, 0.25) is 0 Å². The third kappa shape index (κ3) is 13.1. The molecule has 3 N–H and O–H groups in total. The Morgan fingerprint density at radius 3 is 1.96 bits per heavy atom. The van der Waals surface area contributed by atoms with Crippen LogP contribution in [0.25, 0.3) is 0 Å². The van der Waals surface area contributed by atoms with Crippen LogP contribution in [-0.2, 0) is 0 Å². The summed E-state index contributed by atoms with van der Waals surface area (Å²) in [6, 6.07) is 0. The maximum atomic E-state index is 12.7. The van der Waals surface area contributed by atoms with E-state index in [0.717, 1.165) is 6.54 Å². The number of β-amino-alcohol motifs (C(OH)–C–C–N with tert-alkyl or cyclic N) is 1. The average Bonchev–Trinajstić information content (AvgIpc) is 2.47. The number of aliphatic hydroxyl groups excluding tert-OH is 2. The molecule has 140 valence electrons. The maximum absolute atomic E-state index is 12.7. The molecule has 0 saturated carbocycles. The Hall–Kier alpha value is 0.0400. The van der Waals surface area contributed by atoms with Crippen LogP contribution in [0.5, 0.6) is 0 Å². The highest BCUT2D eigenvalue weighted by molar-refractivity contribution is 9.09. The summed E-state index contributed by atoms with van der Waals surface area (Å²) >= 11 is 3.00. The normalized spacial score (nSPS) is 23.1. The molecule has 0 amide bonds. The molecule has 0 radical (unpaired) electrons. The molecular formula is C14H27BrF4N2O2. The zero-order chi connectivity index (χ0) is 17.8. The first kappa shape index (κ1) is 23.0. The highest BCUT2D eigenvalue weighted by atomic mass is 79.9. The Kier molecular flexibility index (Phi) is 12.4. The summed E-state index contributed by atoms with van der Waals surface area (Å²) in [7, 11) is 0. The molecule has 0 spiro atoms. The predicted molar refractivity (Wildman–Crippen MR) is 85.6 cm³/mol. The van der Waals surface area contributed by atoms with E-state index in [1.165, 1.54) is 0 Å². The molecule has 2 aliphatic rings. The van der Waals surface area contributed by atoms with Crippen molar-refractivity contribution in [3.05, 3.63) is 0 Å². The molecule has 0 aliphatic carbocycles.